The molecule has 0 aliphatic rings. The van der Waals surface area contributed by atoms with E-state index in [1.165, 1.54) is 0 Å². The van der Waals surface area contributed by atoms with Crippen LogP contribution in [0.3, 0.4) is 0 Å². The monoisotopic (exact) mass is 540 g/mol. The zero-order valence-corrected chi connectivity index (χ0v) is 17.3. The molecule has 0 atom stereocenters. The second-order valence-electron chi connectivity index (χ2n) is 7.18. The molecular formula is C22H5BF12O2. The summed E-state index contributed by atoms with van der Waals surface area (Å²) in [5, 5.41) is -2.33. The molecule has 15 heteroatoms. The number of rotatable bonds is 5. The molecular weight excluding hydrogens is 535 g/mol. The molecule has 0 spiro atoms. The predicted molar refractivity (Wildman–Crippen MR) is 103 cm³/mol. The maximum Gasteiger partial charge on any atom is 0.633 e. The van der Waals surface area contributed by atoms with Crippen LogP contribution in [-0.2, 0) is 0 Å². The Morgan fingerprint density at radius 2 is 0.946 bits per heavy atom. The lowest BCUT2D eigenvalue weighted by Crippen LogP contribution is -2.44. The van der Waals surface area contributed by atoms with E-state index in [2.05, 4.69) is 4.65 Å². The van der Waals surface area contributed by atoms with E-state index in [-0.39, 0.29) is 12.1 Å². The lowest BCUT2D eigenvalue weighted by Gasteiger charge is -2.20. The second kappa shape index (κ2) is 9.44. The van der Waals surface area contributed by atoms with E-state index in [0.717, 1.165) is 0 Å². The van der Waals surface area contributed by atoms with Gasteiger partial charge in [0, 0.05) is 5.46 Å². The third-order valence-electron chi connectivity index (χ3n) is 5.00. The Morgan fingerprint density at radius 1 is 0.432 bits per heavy atom. The van der Waals surface area contributed by atoms with E-state index in [9.17, 15) is 52.7 Å². The van der Waals surface area contributed by atoms with Crippen molar-refractivity contribution in [1.29, 1.82) is 0 Å². The highest BCUT2D eigenvalue weighted by atomic mass is 19.2. The molecule has 0 heterocycles. The maximum absolute atomic E-state index is 14.3. The molecule has 0 bridgehead atoms. The van der Waals surface area contributed by atoms with Crippen LogP contribution >= 0.6 is 0 Å². The van der Waals surface area contributed by atoms with Gasteiger partial charge in [-0.25, -0.2) is 39.5 Å². The van der Waals surface area contributed by atoms with E-state index in [4.69, 9.17) is 4.65 Å². The summed E-state index contributed by atoms with van der Waals surface area (Å²) in [4.78, 5) is 0. The first-order chi connectivity index (χ1) is 17.3. The lowest BCUT2D eigenvalue weighted by molar-refractivity contribution is 0.328. The molecule has 0 aromatic heterocycles. The summed E-state index contributed by atoms with van der Waals surface area (Å²) in [6.07, 6.45) is 0. The molecule has 37 heavy (non-hydrogen) atoms. The normalized spacial score (nSPS) is 11.2. The van der Waals surface area contributed by atoms with Crippen molar-refractivity contribution in [2.24, 2.45) is 0 Å². The van der Waals surface area contributed by atoms with Gasteiger partial charge in [0.2, 0.25) is 34.9 Å². The van der Waals surface area contributed by atoms with Crippen molar-refractivity contribution in [2.75, 3.05) is 0 Å². The zero-order chi connectivity index (χ0) is 27.3. The molecule has 0 amide bonds. The van der Waals surface area contributed by atoms with E-state index >= 15 is 0 Å². The Bertz CT molecular complexity index is 1550. The van der Waals surface area contributed by atoms with Gasteiger partial charge in [0.1, 0.15) is 5.82 Å². The van der Waals surface area contributed by atoms with Gasteiger partial charge in [0.05, 0.1) is 5.39 Å². The van der Waals surface area contributed by atoms with Gasteiger partial charge in [-0.2, -0.15) is 13.2 Å². The smallest absolute Gasteiger partial charge is 0.518 e. The largest absolute Gasteiger partial charge is 0.633 e. The summed E-state index contributed by atoms with van der Waals surface area (Å²) in [6.45, 7) is 0. The van der Waals surface area contributed by atoms with Crippen LogP contribution in [0.2, 0.25) is 0 Å². The fraction of sp³-hybridized carbons (Fsp3) is 0. The minimum Gasteiger partial charge on any atom is -0.518 e. The number of benzene rings is 4. The van der Waals surface area contributed by atoms with Crippen LogP contribution in [0.4, 0.5) is 52.7 Å². The first-order valence-electron chi connectivity index (χ1n) is 9.58. The van der Waals surface area contributed by atoms with Crippen LogP contribution in [0, 0.1) is 69.8 Å². The highest BCUT2D eigenvalue weighted by Gasteiger charge is 2.37. The van der Waals surface area contributed by atoms with Crippen LogP contribution in [0.15, 0.2) is 30.3 Å². The van der Waals surface area contributed by atoms with Crippen molar-refractivity contribution < 1.29 is 62.0 Å². The molecule has 0 saturated heterocycles. The molecule has 0 aliphatic heterocycles. The molecule has 4 aromatic rings. The number of hydrogen-bond acceptors (Lipinski definition) is 2. The van der Waals surface area contributed by atoms with Gasteiger partial charge < -0.3 is 9.31 Å². The molecule has 4 rings (SSSR count). The average molecular weight is 540 g/mol. The summed E-state index contributed by atoms with van der Waals surface area (Å²) < 4.78 is 177. The number of halogens is 12. The molecule has 192 valence electrons. The molecule has 0 radical (unpaired) electrons. The lowest BCUT2D eigenvalue weighted by atomic mass is 9.75. The van der Waals surface area contributed by atoms with E-state index in [1.54, 1.807) is 0 Å². The summed E-state index contributed by atoms with van der Waals surface area (Å²) in [5.74, 6) is -29.9. The summed E-state index contributed by atoms with van der Waals surface area (Å²) in [6, 6.07) is 1.59. The molecule has 0 saturated carbocycles. The van der Waals surface area contributed by atoms with Gasteiger partial charge in [-0.1, -0.05) is 6.07 Å². The first-order valence-corrected chi connectivity index (χ1v) is 9.58. The summed E-state index contributed by atoms with van der Waals surface area (Å²) >= 11 is 0. The zero-order valence-electron chi connectivity index (χ0n) is 17.3. The first kappa shape index (κ1) is 26.0. The van der Waals surface area contributed by atoms with Gasteiger partial charge >= 0.3 is 7.12 Å². The highest BCUT2D eigenvalue weighted by Crippen LogP contribution is 2.32. The van der Waals surface area contributed by atoms with Gasteiger partial charge in [-0.3, -0.25) is 0 Å². The fourth-order valence-electron chi connectivity index (χ4n) is 3.27. The Labute approximate surface area is 197 Å². The number of hydrogen-bond donors (Lipinski definition) is 0. The second-order valence-corrected chi connectivity index (χ2v) is 7.18. The minimum absolute atomic E-state index is 0.128. The Balaban J connectivity index is 2.01. The van der Waals surface area contributed by atoms with Gasteiger partial charge in [0.25, 0.3) is 0 Å². The third kappa shape index (κ3) is 4.27. The standard InChI is InChI=1S/C22H5BF12O2/c24-8-2-1-7(6-5-11(27)13(28)15(30)12(6)8)23(36-21-10(26)4-3-9(25)14(21)29)37-22-19(34)17(32)16(31)18(33)20(22)35/h1-5H. The Hall–Kier alpha value is -4.04. The molecule has 2 nitrogen and oxygen atoms in total. The van der Waals surface area contributed by atoms with Gasteiger partial charge in [-0.15, -0.1) is 0 Å². The van der Waals surface area contributed by atoms with E-state index in [0.29, 0.717) is 18.2 Å². The van der Waals surface area contributed by atoms with Crippen LogP contribution in [-0.4, -0.2) is 7.12 Å². The summed E-state index contributed by atoms with van der Waals surface area (Å²) in [7, 11) is -2.80. The van der Waals surface area contributed by atoms with Crippen molar-refractivity contribution >= 4 is 23.4 Å². The predicted octanol–water partition coefficient (Wildman–Crippen LogP) is 6.36. The topological polar surface area (TPSA) is 18.5 Å². The molecule has 4 aromatic carbocycles. The quantitative estimate of drug-likeness (QED) is 0.127. The van der Waals surface area contributed by atoms with E-state index < -0.39 is 105 Å². The fourth-order valence-corrected chi connectivity index (χ4v) is 3.27. The van der Waals surface area contributed by atoms with Crippen LogP contribution < -0.4 is 14.8 Å². The van der Waals surface area contributed by atoms with Crippen molar-refractivity contribution in [3.05, 3.63) is 100 Å². The third-order valence-corrected chi connectivity index (χ3v) is 5.00. The molecule has 0 unspecified atom stereocenters. The number of fused-ring (bicyclic) bond motifs is 1. The van der Waals surface area contributed by atoms with Crippen LogP contribution in [0.5, 0.6) is 11.5 Å². The van der Waals surface area contributed by atoms with Gasteiger partial charge in [-0.05, 0) is 29.7 Å². The molecule has 0 aliphatic carbocycles. The van der Waals surface area contributed by atoms with Crippen molar-refractivity contribution in [3.8, 4) is 11.5 Å². The van der Waals surface area contributed by atoms with Crippen molar-refractivity contribution in [1.82, 2.24) is 0 Å². The molecule has 0 fully saturated rings. The van der Waals surface area contributed by atoms with Crippen LogP contribution in [0.25, 0.3) is 10.8 Å². The average Bonchev–Trinajstić information content (AvgIpc) is 2.86. The molecule has 0 N–H and O–H groups in total. The van der Waals surface area contributed by atoms with Crippen molar-refractivity contribution in [3.63, 3.8) is 0 Å². The van der Waals surface area contributed by atoms with Crippen LogP contribution in [0.1, 0.15) is 0 Å². The van der Waals surface area contributed by atoms with Gasteiger partial charge in [0.15, 0.2) is 40.6 Å². The SMILES string of the molecule is Fc1ccc(F)c(OB(Oc2c(F)c(F)c(F)c(F)c2F)c2ccc(F)c3c(F)c(F)c(F)cc23)c1F. The summed E-state index contributed by atoms with van der Waals surface area (Å²) in [5.41, 5.74) is -0.957. The van der Waals surface area contributed by atoms with Crippen molar-refractivity contribution in [2.45, 2.75) is 0 Å². The maximum atomic E-state index is 14.3. The minimum atomic E-state index is -2.80. The van der Waals surface area contributed by atoms with E-state index in [1.807, 2.05) is 0 Å². The Kier molecular flexibility index (Phi) is 6.65. The highest BCUT2D eigenvalue weighted by molar-refractivity contribution is 6.65. The Morgan fingerprint density at radius 3 is 1.57 bits per heavy atom.